The molecule has 4 rings (SSSR count). The Morgan fingerprint density at radius 3 is 2.68 bits per heavy atom. The number of anilines is 1. The molecule has 7 heteroatoms. The van der Waals surface area contributed by atoms with E-state index < -0.39 is 0 Å². The quantitative estimate of drug-likeness (QED) is 0.811. The minimum atomic E-state index is -0.224. The van der Waals surface area contributed by atoms with Crippen LogP contribution in [0.1, 0.15) is 24.8 Å². The predicted molar refractivity (Wildman–Crippen MR) is 105 cm³/mol. The van der Waals surface area contributed by atoms with Crippen LogP contribution in [0, 0.1) is 12.7 Å². The molecule has 2 fully saturated rings. The molecule has 2 saturated heterocycles. The number of piperidine rings is 1. The SMILES string of the molecule is Cc1cnn(CC(=O)N2CCC3(CC2)CC(N(C)c2ccc(F)cc2)CO3)c1. The summed E-state index contributed by atoms with van der Waals surface area (Å²) in [5.74, 6) is -0.116. The lowest BCUT2D eigenvalue weighted by Gasteiger charge is -2.39. The smallest absolute Gasteiger partial charge is 0.244 e. The van der Waals surface area contributed by atoms with Crippen LogP contribution in [0.4, 0.5) is 10.1 Å². The molecule has 0 radical (unpaired) electrons. The van der Waals surface area contributed by atoms with Crippen LogP contribution < -0.4 is 4.90 Å². The lowest BCUT2D eigenvalue weighted by atomic mass is 9.87. The van der Waals surface area contributed by atoms with E-state index in [1.807, 2.05) is 25.1 Å². The number of ether oxygens (including phenoxy) is 1. The molecule has 0 aliphatic carbocycles. The van der Waals surface area contributed by atoms with E-state index in [2.05, 4.69) is 10.00 Å². The summed E-state index contributed by atoms with van der Waals surface area (Å²) >= 11 is 0. The first kappa shape index (κ1) is 18.9. The van der Waals surface area contributed by atoms with Gasteiger partial charge < -0.3 is 14.5 Å². The third kappa shape index (κ3) is 3.90. The van der Waals surface area contributed by atoms with Crippen molar-refractivity contribution in [2.75, 3.05) is 31.6 Å². The lowest BCUT2D eigenvalue weighted by molar-refractivity contribution is -0.136. The van der Waals surface area contributed by atoms with E-state index in [1.54, 1.807) is 23.0 Å². The molecule has 0 saturated carbocycles. The Labute approximate surface area is 164 Å². The Hall–Kier alpha value is -2.41. The number of aryl methyl sites for hydroxylation is 1. The summed E-state index contributed by atoms with van der Waals surface area (Å²) in [6, 6.07) is 6.85. The summed E-state index contributed by atoms with van der Waals surface area (Å²) in [6.07, 6.45) is 6.29. The standard InChI is InChI=1S/C21H27FN4O2/c1-16-12-23-26(13-16)14-20(27)25-9-7-21(8-10-25)11-19(15-28-21)24(2)18-5-3-17(22)4-6-18/h3-6,12-13,19H,7-11,14-15H2,1-2H3. The molecule has 1 aromatic heterocycles. The van der Waals surface area contributed by atoms with Gasteiger partial charge in [0, 0.05) is 32.0 Å². The normalized spacial score (nSPS) is 21.2. The fourth-order valence-corrected chi connectivity index (χ4v) is 4.26. The monoisotopic (exact) mass is 386 g/mol. The van der Waals surface area contributed by atoms with Crippen molar-refractivity contribution < 1.29 is 13.9 Å². The summed E-state index contributed by atoms with van der Waals surface area (Å²) < 4.78 is 21.1. The van der Waals surface area contributed by atoms with Gasteiger partial charge in [0.05, 0.1) is 24.4 Å². The van der Waals surface area contributed by atoms with E-state index in [9.17, 15) is 9.18 Å². The number of amides is 1. The highest BCUT2D eigenvalue weighted by Gasteiger charge is 2.44. The highest BCUT2D eigenvalue weighted by atomic mass is 19.1. The first-order valence-corrected chi connectivity index (χ1v) is 9.83. The summed E-state index contributed by atoms with van der Waals surface area (Å²) in [5, 5.41) is 4.20. The second-order valence-electron chi connectivity index (χ2n) is 8.04. The molecule has 2 aliphatic heterocycles. The number of rotatable bonds is 4. The van der Waals surface area contributed by atoms with Crippen molar-refractivity contribution in [2.24, 2.45) is 0 Å². The van der Waals surface area contributed by atoms with Crippen molar-refractivity contribution in [3.05, 3.63) is 48.0 Å². The Morgan fingerprint density at radius 2 is 2.04 bits per heavy atom. The van der Waals surface area contributed by atoms with Crippen molar-refractivity contribution in [1.82, 2.24) is 14.7 Å². The zero-order valence-electron chi connectivity index (χ0n) is 16.5. The number of carbonyl (C=O) groups is 1. The molecule has 3 heterocycles. The van der Waals surface area contributed by atoms with Crippen LogP contribution in [0.15, 0.2) is 36.7 Å². The molecular weight excluding hydrogens is 359 g/mol. The van der Waals surface area contributed by atoms with Crippen LogP contribution in [0.5, 0.6) is 0 Å². The second kappa shape index (κ2) is 7.54. The number of carbonyl (C=O) groups excluding carboxylic acids is 1. The molecule has 1 amide bonds. The number of aromatic nitrogens is 2. The predicted octanol–water partition coefficient (Wildman–Crippen LogP) is 2.62. The second-order valence-corrected chi connectivity index (χ2v) is 8.04. The summed E-state index contributed by atoms with van der Waals surface area (Å²) in [7, 11) is 2.03. The van der Waals surface area contributed by atoms with E-state index >= 15 is 0 Å². The number of halogens is 1. The molecule has 1 aromatic carbocycles. The van der Waals surface area contributed by atoms with Gasteiger partial charge in [0.2, 0.25) is 5.91 Å². The summed E-state index contributed by atoms with van der Waals surface area (Å²) in [4.78, 5) is 16.6. The Kier molecular flexibility index (Phi) is 5.10. The minimum absolute atomic E-state index is 0.107. The number of hydrogen-bond acceptors (Lipinski definition) is 4. The maximum Gasteiger partial charge on any atom is 0.244 e. The van der Waals surface area contributed by atoms with E-state index in [-0.39, 0.29) is 29.9 Å². The maximum absolute atomic E-state index is 13.2. The lowest BCUT2D eigenvalue weighted by Crippen LogP contribution is -2.47. The van der Waals surface area contributed by atoms with Crippen LogP contribution in [-0.2, 0) is 16.1 Å². The Bertz CT molecular complexity index is 827. The minimum Gasteiger partial charge on any atom is -0.373 e. The summed E-state index contributed by atoms with van der Waals surface area (Å²) in [6.45, 7) is 4.35. The van der Waals surface area contributed by atoms with Crippen molar-refractivity contribution >= 4 is 11.6 Å². The third-order valence-electron chi connectivity index (χ3n) is 6.06. The van der Waals surface area contributed by atoms with Crippen LogP contribution in [0.25, 0.3) is 0 Å². The van der Waals surface area contributed by atoms with E-state index in [0.717, 1.165) is 30.5 Å². The molecule has 1 unspecified atom stereocenters. The highest BCUT2D eigenvalue weighted by Crippen LogP contribution is 2.38. The highest BCUT2D eigenvalue weighted by molar-refractivity contribution is 5.76. The molecule has 28 heavy (non-hydrogen) atoms. The molecular formula is C21H27FN4O2. The van der Waals surface area contributed by atoms with Gasteiger partial charge in [0.1, 0.15) is 12.4 Å². The molecule has 2 aromatic rings. The van der Waals surface area contributed by atoms with Crippen molar-refractivity contribution in [3.63, 3.8) is 0 Å². The van der Waals surface area contributed by atoms with Crippen LogP contribution in [-0.4, -0.2) is 59.0 Å². The van der Waals surface area contributed by atoms with Crippen LogP contribution >= 0.6 is 0 Å². The van der Waals surface area contributed by atoms with Crippen molar-refractivity contribution in [1.29, 1.82) is 0 Å². The van der Waals surface area contributed by atoms with Crippen LogP contribution in [0.3, 0.4) is 0 Å². The summed E-state index contributed by atoms with van der Waals surface area (Å²) in [5.41, 5.74) is 1.90. The van der Waals surface area contributed by atoms with Gasteiger partial charge in [-0.15, -0.1) is 0 Å². The van der Waals surface area contributed by atoms with Crippen molar-refractivity contribution in [2.45, 2.75) is 44.4 Å². The largest absolute Gasteiger partial charge is 0.373 e. The maximum atomic E-state index is 13.2. The molecule has 6 nitrogen and oxygen atoms in total. The van der Waals surface area contributed by atoms with Gasteiger partial charge in [-0.1, -0.05) is 0 Å². The fourth-order valence-electron chi connectivity index (χ4n) is 4.26. The van der Waals surface area contributed by atoms with Gasteiger partial charge in [-0.2, -0.15) is 5.10 Å². The molecule has 1 spiro atoms. The van der Waals surface area contributed by atoms with Crippen LogP contribution in [0.2, 0.25) is 0 Å². The van der Waals surface area contributed by atoms with Gasteiger partial charge >= 0.3 is 0 Å². The molecule has 0 N–H and O–H groups in total. The molecule has 2 aliphatic rings. The number of likely N-dealkylation sites (tertiary alicyclic amines) is 1. The Morgan fingerprint density at radius 1 is 1.32 bits per heavy atom. The zero-order valence-corrected chi connectivity index (χ0v) is 16.5. The molecule has 0 bridgehead atoms. The third-order valence-corrected chi connectivity index (χ3v) is 6.06. The van der Waals surface area contributed by atoms with Crippen molar-refractivity contribution in [3.8, 4) is 0 Å². The number of nitrogens with zero attached hydrogens (tertiary/aromatic N) is 4. The van der Waals surface area contributed by atoms with Gasteiger partial charge in [-0.3, -0.25) is 9.48 Å². The molecule has 150 valence electrons. The first-order chi connectivity index (χ1) is 13.4. The van der Waals surface area contributed by atoms with E-state index in [0.29, 0.717) is 19.7 Å². The average Bonchev–Trinajstić information content (AvgIpc) is 3.29. The number of hydrogen-bond donors (Lipinski definition) is 0. The fraction of sp³-hybridized carbons (Fsp3) is 0.524. The topological polar surface area (TPSA) is 50.6 Å². The van der Waals surface area contributed by atoms with Gasteiger partial charge in [0.25, 0.3) is 0 Å². The average molecular weight is 386 g/mol. The Balaban J connectivity index is 1.32. The van der Waals surface area contributed by atoms with Gasteiger partial charge in [-0.25, -0.2) is 4.39 Å². The molecule has 1 atom stereocenters. The zero-order chi connectivity index (χ0) is 19.7. The van der Waals surface area contributed by atoms with E-state index in [1.165, 1.54) is 12.1 Å². The number of benzene rings is 1. The van der Waals surface area contributed by atoms with Gasteiger partial charge in [0.15, 0.2) is 0 Å². The van der Waals surface area contributed by atoms with Gasteiger partial charge in [-0.05, 0) is 56.0 Å². The number of likely N-dealkylation sites (N-methyl/N-ethyl adjacent to an activating group) is 1. The van der Waals surface area contributed by atoms with E-state index in [4.69, 9.17) is 4.74 Å². The first-order valence-electron chi connectivity index (χ1n) is 9.83.